The van der Waals surface area contributed by atoms with Gasteiger partial charge in [-0.2, -0.15) is 13.2 Å². The van der Waals surface area contributed by atoms with Gasteiger partial charge >= 0.3 is 6.18 Å². The number of rotatable bonds is 4. The lowest BCUT2D eigenvalue weighted by Crippen LogP contribution is -2.37. The van der Waals surface area contributed by atoms with Crippen LogP contribution in [0.5, 0.6) is 0 Å². The minimum absolute atomic E-state index is 0.0215. The summed E-state index contributed by atoms with van der Waals surface area (Å²) in [6, 6.07) is 0. The van der Waals surface area contributed by atoms with Gasteiger partial charge in [0.2, 0.25) is 5.91 Å². The van der Waals surface area contributed by atoms with E-state index in [4.69, 9.17) is 5.11 Å². The molecule has 3 nitrogen and oxygen atoms in total. The van der Waals surface area contributed by atoms with Crippen molar-refractivity contribution in [3.8, 4) is 0 Å². The largest absolute Gasteiger partial charge is 0.414 e. The Morgan fingerprint density at radius 2 is 2.06 bits per heavy atom. The monoisotopic (exact) mass is 265 g/mol. The Morgan fingerprint density at radius 3 is 2.56 bits per heavy atom. The van der Waals surface area contributed by atoms with E-state index >= 15 is 0 Å². The molecule has 0 aromatic heterocycles. The van der Waals surface area contributed by atoms with E-state index in [0.29, 0.717) is 11.8 Å². The van der Waals surface area contributed by atoms with Crippen molar-refractivity contribution in [2.75, 3.05) is 6.54 Å². The highest BCUT2D eigenvalue weighted by molar-refractivity contribution is 5.79. The molecule has 0 unspecified atom stereocenters. The molecule has 0 spiro atoms. The van der Waals surface area contributed by atoms with Crippen molar-refractivity contribution >= 4 is 5.91 Å². The molecule has 104 valence electrons. The molecule has 2 bridgehead atoms. The van der Waals surface area contributed by atoms with E-state index in [1.807, 2.05) is 0 Å². The standard InChI is InChI=1S/C12H18F3NO2/c13-12(14,15)10(17)3-4-16-11(18)9-6-7-1-2-8(9)5-7/h7-10,17H,1-6H2,(H,16,18)/t7-,8-,9+,10+/m0/s1. The number of nitrogens with one attached hydrogen (secondary N) is 1. The van der Waals surface area contributed by atoms with Crippen LogP contribution in [0.1, 0.15) is 32.1 Å². The zero-order valence-electron chi connectivity index (χ0n) is 10.0. The van der Waals surface area contributed by atoms with Gasteiger partial charge in [0.05, 0.1) is 0 Å². The van der Waals surface area contributed by atoms with E-state index in [0.717, 1.165) is 19.3 Å². The molecule has 0 aromatic carbocycles. The van der Waals surface area contributed by atoms with Crippen LogP contribution in [0, 0.1) is 17.8 Å². The first kappa shape index (κ1) is 13.6. The van der Waals surface area contributed by atoms with E-state index in [2.05, 4.69) is 5.32 Å². The van der Waals surface area contributed by atoms with Gasteiger partial charge in [0, 0.05) is 12.5 Å². The molecule has 2 saturated carbocycles. The molecular formula is C12H18F3NO2. The van der Waals surface area contributed by atoms with Gasteiger partial charge in [-0.15, -0.1) is 0 Å². The van der Waals surface area contributed by atoms with Gasteiger partial charge in [0.1, 0.15) is 0 Å². The summed E-state index contributed by atoms with van der Waals surface area (Å²) in [4.78, 5) is 11.8. The molecule has 2 aliphatic rings. The highest BCUT2D eigenvalue weighted by atomic mass is 19.4. The van der Waals surface area contributed by atoms with Crippen molar-refractivity contribution in [1.29, 1.82) is 0 Å². The van der Waals surface area contributed by atoms with Crippen molar-refractivity contribution in [3.63, 3.8) is 0 Å². The molecule has 2 N–H and O–H groups in total. The maximum absolute atomic E-state index is 12.0. The highest BCUT2D eigenvalue weighted by Gasteiger charge is 2.43. The van der Waals surface area contributed by atoms with Crippen molar-refractivity contribution < 1.29 is 23.1 Å². The second-order valence-electron chi connectivity index (χ2n) is 5.42. The van der Waals surface area contributed by atoms with Crippen LogP contribution in [-0.4, -0.2) is 29.8 Å². The molecule has 0 aliphatic heterocycles. The Bertz CT molecular complexity index is 319. The first-order valence-electron chi connectivity index (χ1n) is 6.40. The van der Waals surface area contributed by atoms with Crippen LogP contribution in [0.3, 0.4) is 0 Å². The maximum atomic E-state index is 12.0. The molecule has 0 heterocycles. The van der Waals surface area contributed by atoms with Gasteiger partial charge in [-0.05, 0) is 37.5 Å². The molecule has 18 heavy (non-hydrogen) atoms. The van der Waals surface area contributed by atoms with Crippen molar-refractivity contribution in [2.45, 2.75) is 44.4 Å². The summed E-state index contributed by atoms with van der Waals surface area (Å²) in [7, 11) is 0. The molecule has 6 heteroatoms. The number of fused-ring (bicyclic) bond motifs is 2. The van der Waals surface area contributed by atoms with Gasteiger partial charge in [-0.3, -0.25) is 4.79 Å². The average molecular weight is 265 g/mol. The van der Waals surface area contributed by atoms with E-state index in [1.165, 1.54) is 6.42 Å². The third kappa shape index (κ3) is 2.96. The lowest BCUT2D eigenvalue weighted by molar-refractivity contribution is -0.205. The summed E-state index contributed by atoms with van der Waals surface area (Å²) >= 11 is 0. The number of alkyl halides is 3. The minimum Gasteiger partial charge on any atom is -0.384 e. The average Bonchev–Trinajstić information content (AvgIpc) is 2.88. The van der Waals surface area contributed by atoms with Crippen LogP contribution in [0.25, 0.3) is 0 Å². The fraction of sp³-hybridized carbons (Fsp3) is 0.917. The Labute approximate surface area is 104 Å². The lowest BCUT2D eigenvalue weighted by Gasteiger charge is -2.21. The van der Waals surface area contributed by atoms with E-state index < -0.39 is 18.7 Å². The zero-order chi connectivity index (χ0) is 13.3. The number of carbonyl (C=O) groups excluding carboxylic acids is 1. The summed E-state index contributed by atoms with van der Waals surface area (Å²) in [5, 5.41) is 11.3. The lowest BCUT2D eigenvalue weighted by atomic mass is 9.88. The van der Waals surface area contributed by atoms with Crippen LogP contribution in [0.2, 0.25) is 0 Å². The smallest absolute Gasteiger partial charge is 0.384 e. The SMILES string of the molecule is O=C(NCC[C@@H](O)C(F)(F)F)[C@@H]1C[C@H]2CC[C@H]1C2. The first-order valence-corrected chi connectivity index (χ1v) is 6.40. The van der Waals surface area contributed by atoms with Crippen LogP contribution in [0.15, 0.2) is 0 Å². The van der Waals surface area contributed by atoms with Crippen molar-refractivity contribution in [3.05, 3.63) is 0 Å². The van der Waals surface area contributed by atoms with Crippen LogP contribution < -0.4 is 5.32 Å². The Hall–Kier alpha value is -0.780. The Kier molecular flexibility index (Phi) is 3.84. The number of aliphatic hydroxyl groups is 1. The highest BCUT2D eigenvalue weighted by Crippen LogP contribution is 2.48. The molecular weight excluding hydrogens is 247 g/mol. The molecule has 4 atom stereocenters. The van der Waals surface area contributed by atoms with Crippen molar-refractivity contribution in [2.24, 2.45) is 17.8 Å². The summed E-state index contributed by atoms with van der Waals surface area (Å²) in [5.41, 5.74) is 0. The van der Waals surface area contributed by atoms with Gasteiger partial charge < -0.3 is 10.4 Å². The number of amides is 1. The number of hydrogen-bond acceptors (Lipinski definition) is 2. The molecule has 2 fully saturated rings. The first-order chi connectivity index (χ1) is 8.38. The second kappa shape index (κ2) is 5.07. The van der Waals surface area contributed by atoms with Gasteiger partial charge in [-0.25, -0.2) is 0 Å². The van der Waals surface area contributed by atoms with E-state index in [9.17, 15) is 18.0 Å². The summed E-state index contributed by atoms with van der Waals surface area (Å²) in [6.07, 6.45) is -3.22. The van der Waals surface area contributed by atoms with Gasteiger partial charge in [0.15, 0.2) is 6.10 Å². The minimum atomic E-state index is -4.60. The molecule has 0 radical (unpaired) electrons. The topological polar surface area (TPSA) is 49.3 Å². The van der Waals surface area contributed by atoms with E-state index in [-0.39, 0.29) is 18.4 Å². The molecule has 0 saturated heterocycles. The number of aliphatic hydroxyl groups excluding tert-OH is 1. The molecule has 1 amide bonds. The van der Waals surface area contributed by atoms with E-state index in [1.54, 1.807) is 0 Å². The fourth-order valence-electron chi connectivity index (χ4n) is 3.19. The third-order valence-electron chi connectivity index (χ3n) is 4.17. The van der Waals surface area contributed by atoms with Gasteiger partial charge in [0.25, 0.3) is 0 Å². The third-order valence-corrected chi connectivity index (χ3v) is 4.17. The number of hydrogen-bond donors (Lipinski definition) is 2. The van der Waals surface area contributed by atoms with Crippen LogP contribution >= 0.6 is 0 Å². The summed E-state index contributed by atoms with van der Waals surface area (Å²) < 4.78 is 36.1. The maximum Gasteiger partial charge on any atom is 0.414 e. The van der Waals surface area contributed by atoms with Gasteiger partial charge in [-0.1, -0.05) is 6.42 Å². The number of halogens is 3. The van der Waals surface area contributed by atoms with Crippen LogP contribution in [-0.2, 0) is 4.79 Å². The number of carbonyl (C=O) groups is 1. The zero-order valence-corrected chi connectivity index (χ0v) is 10.0. The normalized spacial score (nSPS) is 32.6. The summed E-state index contributed by atoms with van der Waals surface area (Å²) in [6.45, 7) is -0.118. The van der Waals surface area contributed by atoms with Crippen molar-refractivity contribution in [1.82, 2.24) is 5.32 Å². The summed E-state index contributed by atoms with van der Waals surface area (Å²) in [5.74, 6) is 0.886. The Morgan fingerprint density at radius 1 is 1.33 bits per heavy atom. The fourth-order valence-corrected chi connectivity index (χ4v) is 3.19. The predicted octanol–water partition coefficient (Wildman–Crippen LogP) is 1.85. The Balaban J connectivity index is 1.70. The molecule has 2 aliphatic carbocycles. The molecule has 2 rings (SSSR count). The molecule has 0 aromatic rings. The predicted molar refractivity (Wildman–Crippen MR) is 58.6 cm³/mol. The quantitative estimate of drug-likeness (QED) is 0.815. The van der Waals surface area contributed by atoms with Crippen LogP contribution in [0.4, 0.5) is 13.2 Å². The second-order valence-corrected chi connectivity index (χ2v) is 5.42.